The number of rotatable bonds is 7. The highest BCUT2D eigenvalue weighted by molar-refractivity contribution is 5.90. The fourth-order valence-electron chi connectivity index (χ4n) is 5.09. The second-order valence-corrected chi connectivity index (χ2v) is 10.2. The van der Waals surface area contributed by atoms with Crippen LogP contribution >= 0.6 is 0 Å². The number of benzene rings is 1. The number of anilines is 2. The number of amides is 2. The molecule has 8 heteroatoms. The number of likely N-dealkylation sites (N-methyl/N-ethyl adjacent to an activating group) is 1. The van der Waals surface area contributed by atoms with Gasteiger partial charge in [-0.05, 0) is 64.6 Å². The average molecular weight is 479 g/mol. The third-order valence-corrected chi connectivity index (χ3v) is 7.19. The summed E-state index contributed by atoms with van der Waals surface area (Å²) in [5, 5.41) is 5.91. The maximum atomic E-state index is 13.7. The fourth-order valence-corrected chi connectivity index (χ4v) is 5.09. The number of nitrogens with one attached hydrogen (secondary N) is 2. The first-order valence-electron chi connectivity index (χ1n) is 12.7. The summed E-state index contributed by atoms with van der Waals surface area (Å²) in [5.74, 6) is 1.35. The molecule has 4 rings (SSSR count). The Hall–Kier alpha value is -3.00. The molecule has 3 heterocycles. The first-order valence-corrected chi connectivity index (χ1v) is 12.7. The zero-order valence-electron chi connectivity index (χ0n) is 21.8. The molecule has 0 radical (unpaired) electrons. The monoisotopic (exact) mass is 478 g/mol. The topological polar surface area (TPSA) is 90.5 Å². The van der Waals surface area contributed by atoms with E-state index in [4.69, 9.17) is 9.97 Å². The van der Waals surface area contributed by atoms with Crippen LogP contribution in [0.5, 0.6) is 0 Å². The van der Waals surface area contributed by atoms with Gasteiger partial charge in [-0.1, -0.05) is 31.5 Å². The van der Waals surface area contributed by atoms with Crippen molar-refractivity contribution >= 4 is 23.3 Å². The highest BCUT2D eigenvalue weighted by atomic mass is 16.2. The fraction of sp³-hybridized carbons (Fsp3) is 0.556. The number of nitrogens with zero attached hydrogens (tertiary/aromatic N) is 4. The minimum atomic E-state index is -0.574. The molecule has 3 atom stereocenters. The van der Waals surface area contributed by atoms with Crippen LogP contribution in [0.2, 0.25) is 0 Å². The predicted octanol–water partition coefficient (Wildman–Crippen LogP) is 3.20. The van der Waals surface area contributed by atoms with Crippen molar-refractivity contribution < 1.29 is 9.59 Å². The molecule has 0 spiro atoms. The van der Waals surface area contributed by atoms with Gasteiger partial charge in [0.15, 0.2) is 0 Å². The van der Waals surface area contributed by atoms with Crippen LogP contribution in [-0.4, -0.2) is 58.9 Å². The van der Waals surface area contributed by atoms with Crippen molar-refractivity contribution in [2.75, 3.05) is 25.0 Å². The molecule has 1 aromatic heterocycles. The molecule has 2 aliphatic rings. The van der Waals surface area contributed by atoms with Gasteiger partial charge < -0.3 is 20.4 Å². The molecule has 35 heavy (non-hydrogen) atoms. The van der Waals surface area contributed by atoms with E-state index in [0.29, 0.717) is 12.4 Å². The van der Waals surface area contributed by atoms with E-state index in [1.807, 2.05) is 31.7 Å². The molecule has 1 aromatic carbocycles. The molecule has 2 N–H and O–H groups in total. The molecule has 3 unspecified atom stereocenters. The third-order valence-electron chi connectivity index (χ3n) is 7.19. The summed E-state index contributed by atoms with van der Waals surface area (Å²) < 4.78 is 0. The number of fused-ring (bicyclic) bond motifs is 1. The minimum absolute atomic E-state index is 0.0241. The highest BCUT2D eigenvalue weighted by Gasteiger charge is 2.37. The number of likely N-dealkylation sites (tertiary alicyclic amines) is 1. The van der Waals surface area contributed by atoms with Gasteiger partial charge in [-0.15, -0.1) is 0 Å². The van der Waals surface area contributed by atoms with E-state index in [1.165, 1.54) is 16.8 Å². The largest absolute Gasteiger partial charge is 0.343 e. The molecular formula is C27H38N6O2. The molecule has 2 amide bonds. The molecular weight excluding hydrogens is 440 g/mol. The van der Waals surface area contributed by atoms with Gasteiger partial charge in [-0.2, -0.15) is 0 Å². The van der Waals surface area contributed by atoms with Gasteiger partial charge >= 0.3 is 0 Å². The Morgan fingerprint density at radius 2 is 1.86 bits per heavy atom. The van der Waals surface area contributed by atoms with Crippen molar-refractivity contribution in [3.05, 3.63) is 46.9 Å². The maximum Gasteiger partial charge on any atom is 0.245 e. The second-order valence-electron chi connectivity index (χ2n) is 10.2. The Balaban J connectivity index is 1.60. The van der Waals surface area contributed by atoms with Crippen LogP contribution < -0.4 is 15.5 Å². The summed E-state index contributed by atoms with van der Waals surface area (Å²) in [6.07, 6.45) is 2.75. The van der Waals surface area contributed by atoms with Crippen molar-refractivity contribution in [1.82, 2.24) is 25.5 Å². The molecule has 0 aliphatic carbocycles. The number of aromatic nitrogens is 2. The lowest BCUT2D eigenvalue weighted by Crippen LogP contribution is -2.54. The lowest BCUT2D eigenvalue weighted by molar-refractivity contribution is -0.139. The van der Waals surface area contributed by atoms with E-state index < -0.39 is 6.04 Å². The lowest BCUT2D eigenvalue weighted by Gasteiger charge is -2.32. The number of hydrogen-bond acceptors (Lipinski definition) is 6. The van der Waals surface area contributed by atoms with Crippen LogP contribution in [0.4, 0.5) is 11.5 Å². The lowest BCUT2D eigenvalue weighted by atomic mass is 10.0. The van der Waals surface area contributed by atoms with Crippen LogP contribution in [0.1, 0.15) is 62.3 Å². The van der Waals surface area contributed by atoms with Gasteiger partial charge in [0, 0.05) is 24.8 Å². The Morgan fingerprint density at radius 1 is 1.09 bits per heavy atom. The summed E-state index contributed by atoms with van der Waals surface area (Å²) in [5.41, 5.74) is 4.67. The van der Waals surface area contributed by atoms with Crippen LogP contribution in [0.25, 0.3) is 0 Å². The summed E-state index contributed by atoms with van der Waals surface area (Å²) in [6, 6.07) is 7.54. The maximum absolute atomic E-state index is 13.7. The van der Waals surface area contributed by atoms with E-state index in [1.54, 1.807) is 14.0 Å². The number of carbonyl (C=O) groups is 2. The van der Waals surface area contributed by atoms with Gasteiger partial charge in [0.1, 0.15) is 17.7 Å². The number of aryl methyl sites for hydroxylation is 2. The Kier molecular flexibility index (Phi) is 7.40. The van der Waals surface area contributed by atoms with Crippen LogP contribution in [-0.2, 0) is 16.0 Å². The number of carbonyl (C=O) groups excluding carboxylic acids is 2. The molecule has 0 bridgehead atoms. The zero-order valence-corrected chi connectivity index (χ0v) is 21.8. The molecule has 2 aliphatic heterocycles. The quantitative estimate of drug-likeness (QED) is 0.635. The first kappa shape index (κ1) is 25.1. The van der Waals surface area contributed by atoms with Crippen LogP contribution in [0.3, 0.4) is 0 Å². The van der Waals surface area contributed by atoms with E-state index >= 15 is 0 Å². The third kappa shape index (κ3) is 5.17. The van der Waals surface area contributed by atoms with Gasteiger partial charge in [0.2, 0.25) is 11.8 Å². The Morgan fingerprint density at radius 3 is 2.57 bits per heavy atom. The molecule has 1 saturated heterocycles. The SMILES string of the molecule is CNC(C)C(=O)NC(C(=O)N1CCCC1c1cc(N2CCc3cc(C)ccc32)nc(C)n1)C(C)C. The normalized spacial score (nSPS) is 19.1. The predicted molar refractivity (Wildman–Crippen MR) is 138 cm³/mol. The van der Waals surface area contributed by atoms with Crippen molar-refractivity contribution in [2.45, 2.75) is 72.0 Å². The first-order chi connectivity index (χ1) is 16.7. The molecule has 188 valence electrons. The van der Waals surface area contributed by atoms with E-state index in [9.17, 15) is 9.59 Å². The number of hydrogen-bond donors (Lipinski definition) is 2. The van der Waals surface area contributed by atoms with Gasteiger partial charge in [-0.25, -0.2) is 9.97 Å². The van der Waals surface area contributed by atoms with Crippen LogP contribution in [0, 0.1) is 19.8 Å². The Labute approximate surface area is 208 Å². The van der Waals surface area contributed by atoms with E-state index in [0.717, 1.165) is 37.3 Å². The van der Waals surface area contributed by atoms with Crippen LogP contribution in [0.15, 0.2) is 24.3 Å². The van der Waals surface area contributed by atoms with Gasteiger partial charge in [0.25, 0.3) is 0 Å². The summed E-state index contributed by atoms with van der Waals surface area (Å²) in [4.78, 5) is 39.9. The molecule has 8 nitrogen and oxygen atoms in total. The van der Waals surface area contributed by atoms with Gasteiger partial charge in [-0.3, -0.25) is 9.59 Å². The Bertz CT molecular complexity index is 1100. The van der Waals surface area contributed by atoms with E-state index in [2.05, 4.69) is 40.7 Å². The summed E-state index contributed by atoms with van der Waals surface area (Å²) in [6.45, 7) is 11.3. The summed E-state index contributed by atoms with van der Waals surface area (Å²) >= 11 is 0. The smallest absolute Gasteiger partial charge is 0.245 e. The van der Waals surface area contributed by atoms with Crippen molar-refractivity contribution in [3.8, 4) is 0 Å². The molecule has 2 aromatic rings. The second kappa shape index (κ2) is 10.3. The molecule has 1 fully saturated rings. The van der Waals surface area contributed by atoms with Crippen molar-refractivity contribution in [1.29, 1.82) is 0 Å². The average Bonchev–Trinajstić information content (AvgIpc) is 3.48. The van der Waals surface area contributed by atoms with Gasteiger partial charge in [0.05, 0.1) is 17.8 Å². The standard InChI is InChI=1S/C27H38N6O2/c1-16(2)25(31-26(34)18(4)28-6)27(35)33-12-7-8-23(33)21-15-24(30-19(5)29-21)32-13-11-20-14-17(3)9-10-22(20)32/h9-10,14-16,18,23,25,28H,7-8,11-13H2,1-6H3,(H,31,34). The van der Waals surface area contributed by atoms with Crippen molar-refractivity contribution in [3.63, 3.8) is 0 Å². The van der Waals surface area contributed by atoms with Crippen molar-refractivity contribution in [2.24, 2.45) is 5.92 Å². The zero-order chi connectivity index (χ0) is 25.3. The summed E-state index contributed by atoms with van der Waals surface area (Å²) in [7, 11) is 1.74. The highest BCUT2D eigenvalue weighted by Crippen LogP contribution is 2.37. The minimum Gasteiger partial charge on any atom is -0.343 e. The van der Waals surface area contributed by atoms with E-state index in [-0.39, 0.29) is 29.8 Å². The molecule has 0 saturated carbocycles.